The van der Waals surface area contributed by atoms with Gasteiger partial charge in [0, 0.05) is 23.2 Å². The van der Waals surface area contributed by atoms with Crippen LogP contribution in [0.25, 0.3) is 6.08 Å². The third-order valence-corrected chi connectivity index (χ3v) is 6.01. The van der Waals surface area contributed by atoms with E-state index in [1.165, 1.54) is 4.90 Å². The van der Waals surface area contributed by atoms with Crippen LogP contribution >= 0.6 is 15.9 Å². The van der Waals surface area contributed by atoms with E-state index in [1.807, 2.05) is 30.3 Å². The van der Waals surface area contributed by atoms with Crippen molar-refractivity contribution >= 4 is 45.3 Å². The molecule has 1 amide bonds. The molecule has 0 unspecified atom stereocenters. The molecule has 1 aliphatic heterocycles. The lowest BCUT2D eigenvalue weighted by molar-refractivity contribution is -0.394. The normalized spacial score (nSPS) is 16.2. The van der Waals surface area contributed by atoms with E-state index in [4.69, 9.17) is 4.74 Å². The number of ether oxygens (including phenoxy) is 1. The highest BCUT2D eigenvalue weighted by molar-refractivity contribution is 9.10. The van der Waals surface area contributed by atoms with Gasteiger partial charge in [0.05, 0.1) is 33.6 Å². The average molecular weight is 552 g/mol. The second kappa shape index (κ2) is 10.5. The molecule has 0 aliphatic carbocycles. The van der Waals surface area contributed by atoms with Gasteiger partial charge in [-0.2, -0.15) is 0 Å². The summed E-state index contributed by atoms with van der Waals surface area (Å²) in [5.41, 5.74) is 0.233. The fraction of sp³-hybridized carbons (Fsp3) is 0.120. The maximum atomic E-state index is 13.3. The molecular formula is C25H18BrN3O7. The van der Waals surface area contributed by atoms with Crippen LogP contribution in [0.5, 0.6) is 0 Å². The Morgan fingerprint density at radius 3 is 2.19 bits per heavy atom. The Labute approximate surface area is 213 Å². The molecule has 11 heteroatoms. The Morgan fingerprint density at radius 1 is 1.00 bits per heavy atom. The fourth-order valence-corrected chi connectivity index (χ4v) is 4.02. The number of likely N-dealkylation sites (tertiary alicyclic amines) is 1. The zero-order valence-corrected chi connectivity index (χ0v) is 20.2. The number of esters is 1. The van der Waals surface area contributed by atoms with Crippen LogP contribution in [0.3, 0.4) is 0 Å². The van der Waals surface area contributed by atoms with Crippen LogP contribution in [-0.4, -0.2) is 39.3 Å². The molecule has 3 aromatic carbocycles. The van der Waals surface area contributed by atoms with Crippen LogP contribution in [0.15, 0.2) is 82.8 Å². The summed E-state index contributed by atoms with van der Waals surface area (Å²) in [5.74, 6) is -1.34. The zero-order valence-electron chi connectivity index (χ0n) is 18.6. The minimum Gasteiger partial charge on any atom is -0.452 e. The molecule has 0 N–H and O–H groups in total. The molecule has 1 atom stereocenters. The Hall–Kier alpha value is -4.38. The molecule has 0 aromatic heterocycles. The second-order valence-corrected chi connectivity index (χ2v) is 8.88. The summed E-state index contributed by atoms with van der Waals surface area (Å²) < 4.78 is 6.48. The van der Waals surface area contributed by atoms with Crippen LogP contribution in [0, 0.1) is 20.2 Å². The number of nitro benzene ring substituents is 2. The molecule has 1 aliphatic rings. The minimum absolute atomic E-state index is 0.0519. The summed E-state index contributed by atoms with van der Waals surface area (Å²) in [6.07, 6.45) is 0.636. The van der Waals surface area contributed by atoms with Crippen molar-refractivity contribution in [1.82, 2.24) is 4.90 Å². The Kier molecular flexibility index (Phi) is 7.20. The maximum Gasteiger partial charge on any atom is 0.339 e. The predicted octanol–water partition coefficient (Wildman–Crippen LogP) is 4.92. The van der Waals surface area contributed by atoms with E-state index >= 15 is 0 Å². The van der Waals surface area contributed by atoms with Gasteiger partial charge in [0.15, 0.2) is 6.10 Å². The summed E-state index contributed by atoms with van der Waals surface area (Å²) in [4.78, 5) is 48.5. The van der Waals surface area contributed by atoms with Crippen molar-refractivity contribution in [2.75, 3.05) is 6.54 Å². The standard InChI is InChI=1S/C25H18BrN3O7/c26-19-8-6-17(7-9-19)14-27-15-23(22(24(27)30)10-16-4-2-1-3-5-16)36-25(31)18-11-20(28(32)33)13-21(12-18)29(34)35/h1-13,23H,14-15H2/b22-10-/t23-/m0/s1. The van der Waals surface area contributed by atoms with E-state index < -0.39 is 33.3 Å². The summed E-state index contributed by atoms with van der Waals surface area (Å²) in [6.45, 7) is 0.324. The van der Waals surface area contributed by atoms with E-state index in [0.717, 1.165) is 33.8 Å². The van der Waals surface area contributed by atoms with Gasteiger partial charge < -0.3 is 9.64 Å². The first-order valence-electron chi connectivity index (χ1n) is 10.7. The predicted molar refractivity (Wildman–Crippen MR) is 133 cm³/mol. The molecule has 36 heavy (non-hydrogen) atoms. The Morgan fingerprint density at radius 2 is 1.61 bits per heavy atom. The van der Waals surface area contributed by atoms with E-state index in [2.05, 4.69) is 15.9 Å². The molecule has 0 saturated carbocycles. The molecule has 1 saturated heterocycles. The molecule has 1 heterocycles. The van der Waals surface area contributed by atoms with Gasteiger partial charge in [0.1, 0.15) is 0 Å². The molecule has 182 valence electrons. The summed E-state index contributed by atoms with van der Waals surface area (Å²) >= 11 is 3.37. The number of non-ortho nitro benzene ring substituents is 2. The number of nitrogens with zero attached hydrogens (tertiary/aromatic N) is 3. The highest BCUT2D eigenvalue weighted by atomic mass is 79.9. The number of amides is 1. The smallest absolute Gasteiger partial charge is 0.339 e. The van der Waals surface area contributed by atoms with Gasteiger partial charge in [-0.05, 0) is 29.3 Å². The molecule has 10 nitrogen and oxygen atoms in total. The van der Waals surface area contributed by atoms with Crippen molar-refractivity contribution in [3.63, 3.8) is 0 Å². The highest BCUT2D eigenvalue weighted by Crippen LogP contribution is 2.28. The number of rotatable bonds is 7. The topological polar surface area (TPSA) is 133 Å². The molecular weight excluding hydrogens is 534 g/mol. The zero-order chi connectivity index (χ0) is 25.8. The van der Waals surface area contributed by atoms with Gasteiger partial charge in [0.2, 0.25) is 0 Å². The summed E-state index contributed by atoms with van der Waals surface area (Å²) in [5, 5.41) is 22.4. The minimum atomic E-state index is -1.01. The van der Waals surface area contributed by atoms with Crippen LogP contribution in [0.2, 0.25) is 0 Å². The van der Waals surface area contributed by atoms with Crippen LogP contribution in [0.4, 0.5) is 11.4 Å². The average Bonchev–Trinajstić information content (AvgIpc) is 3.14. The number of benzene rings is 3. The van der Waals surface area contributed by atoms with E-state index in [0.29, 0.717) is 0 Å². The van der Waals surface area contributed by atoms with Crippen LogP contribution in [0.1, 0.15) is 21.5 Å². The number of carbonyl (C=O) groups is 2. The first kappa shape index (κ1) is 24.7. The first-order valence-corrected chi connectivity index (χ1v) is 11.5. The number of hydrogen-bond donors (Lipinski definition) is 0. The number of nitro groups is 2. The van der Waals surface area contributed by atoms with Crippen molar-refractivity contribution < 1.29 is 24.2 Å². The monoisotopic (exact) mass is 551 g/mol. The Bertz CT molecular complexity index is 1340. The van der Waals surface area contributed by atoms with Gasteiger partial charge in [0.25, 0.3) is 17.3 Å². The number of hydrogen-bond acceptors (Lipinski definition) is 7. The lowest BCUT2D eigenvalue weighted by atomic mass is 10.1. The van der Waals surface area contributed by atoms with Crippen molar-refractivity contribution in [3.05, 3.63) is 120 Å². The summed E-state index contributed by atoms with van der Waals surface area (Å²) in [7, 11) is 0. The lowest BCUT2D eigenvalue weighted by Gasteiger charge is -2.16. The molecule has 4 rings (SSSR count). The molecule has 0 bridgehead atoms. The Balaban J connectivity index is 1.64. The fourth-order valence-electron chi connectivity index (χ4n) is 3.75. The third kappa shape index (κ3) is 5.63. The largest absolute Gasteiger partial charge is 0.452 e. The van der Waals surface area contributed by atoms with E-state index in [1.54, 1.807) is 30.3 Å². The van der Waals surface area contributed by atoms with Crippen molar-refractivity contribution in [1.29, 1.82) is 0 Å². The summed E-state index contributed by atoms with van der Waals surface area (Å²) in [6, 6.07) is 19.0. The highest BCUT2D eigenvalue weighted by Gasteiger charge is 2.38. The van der Waals surface area contributed by atoms with E-state index in [-0.39, 0.29) is 30.1 Å². The van der Waals surface area contributed by atoms with Crippen LogP contribution < -0.4 is 0 Å². The maximum absolute atomic E-state index is 13.3. The third-order valence-electron chi connectivity index (χ3n) is 5.48. The molecule has 1 fully saturated rings. The van der Waals surface area contributed by atoms with Gasteiger partial charge in [-0.15, -0.1) is 0 Å². The van der Waals surface area contributed by atoms with Crippen LogP contribution in [-0.2, 0) is 16.1 Å². The SMILES string of the molecule is O=C(O[C@H]1CN(Cc2ccc(Br)cc2)C(=O)/C1=C\c1ccccc1)c1cc([N+](=O)[O-])cc([N+](=O)[O-])c1. The van der Waals surface area contributed by atoms with Gasteiger partial charge >= 0.3 is 5.97 Å². The van der Waals surface area contributed by atoms with Gasteiger partial charge in [-0.25, -0.2) is 4.79 Å². The van der Waals surface area contributed by atoms with Crippen molar-refractivity contribution in [2.24, 2.45) is 0 Å². The van der Waals surface area contributed by atoms with Crippen molar-refractivity contribution in [2.45, 2.75) is 12.6 Å². The lowest BCUT2D eigenvalue weighted by Crippen LogP contribution is -2.26. The molecule has 3 aromatic rings. The number of carbonyl (C=O) groups excluding carboxylic acids is 2. The van der Waals surface area contributed by atoms with Crippen molar-refractivity contribution in [3.8, 4) is 0 Å². The second-order valence-electron chi connectivity index (χ2n) is 7.97. The first-order chi connectivity index (χ1) is 17.2. The van der Waals surface area contributed by atoms with Gasteiger partial charge in [-0.1, -0.05) is 58.4 Å². The molecule has 0 spiro atoms. The number of halogens is 1. The van der Waals surface area contributed by atoms with Gasteiger partial charge in [-0.3, -0.25) is 25.0 Å². The quantitative estimate of drug-likeness (QED) is 0.176. The molecule has 0 radical (unpaired) electrons. The van der Waals surface area contributed by atoms with E-state index in [9.17, 15) is 29.8 Å².